The van der Waals surface area contributed by atoms with E-state index in [1.165, 1.54) is 0 Å². The molecular weight excluding hydrogens is 392 g/mol. The number of ether oxygens (including phenoxy) is 2. The Balaban J connectivity index is 0.000000413. The van der Waals surface area contributed by atoms with Gasteiger partial charge < -0.3 is 9.47 Å². The van der Waals surface area contributed by atoms with Crippen molar-refractivity contribution in [2.45, 2.75) is 25.7 Å². The van der Waals surface area contributed by atoms with E-state index >= 15 is 0 Å². The lowest BCUT2D eigenvalue weighted by atomic mass is 10.4. The smallest absolute Gasteiger partial charge is 0.423 e. The number of rotatable bonds is 3. The van der Waals surface area contributed by atoms with Crippen molar-refractivity contribution in [3.63, 3.8) is 0 Å². The molecule has 0 radical (unpaired) electrons. The number of carbonyl (C=O) groups excluding carboxylic acids is 6. The molecule has 2 saturated heterocycles. The molecular formula is C14H15ClN2O10. The van der Waals surface area contributed by atoms with Gasteiger partial charge in [-0.15, -0.1) is 0 Å². The van der Waals surface area contributed by atoms with Crippen molar-refractivity contribution in [3.05, 3.63) is 25.7 Å². The van der Waals surface area contributed by atoms with Gasteiger partial charge in [0, 0.05) is 37.3 Å². The fourth-order valence-corrected chi connectivity index (χ4v) is 1.52. The lowest BCUT2D eigenvalue weighted by molar-refractivity contribution is -0.175. The van der Waals surface area contributed by atoms with Crippen molar-refractivity contribution in [1.29, 1.82) is 0 Å². The normalized spacial score (nSPS) is 15.2. The van der Waals surface area contributed by atoms with Gasteiger partial charge in [0.05, 0.1) is 12.5 Å². The summed E-state index contributed by atoms with van der Waals surface area (Å²) in [6.07, 6.45) is 1.06. The Hall–Kier alpha value is -3.25. The molecule has 1 N–H and O–H groups in total. The van der Waals surface area contributed by atoms with E-state index in [1.807, 2.05) is 0 Å². The third kappa shape index (κ3) is 9.13. The van der Waals surface area contributed by atoms with Gasteiger partial charge >= 0.3 is 11.6 Å². The standard InChI is InChI=1S/C7H7NO5.C4H5NO3.C3H3ClO2/c1-2-12-7(11)13-8-5(9)3-4-6(8)10;6-3-1-2-4(7)5(3)8;1-2-6-3(4)5/h2H,1,3-4H2;8H,1-2H2;2H,1H2. The van der Waals surface area contributed by atoms with Crippen molar-refractivity contribution in [2.75, 3.05) is 0 Å². The summed E-state index contributed by atoms with van der Waals surface area (Å²) >= 11 is 4.65. The number of halogens is 1. The van der Waals surface area contributed by atoms with Crippen LogP contribution in [0.1, 0.15) is 25.7 Å². The SMILES string of the molecule is C=COC(=O)Cl.C=COC(=O)ON1C(=O)CCC1=O.O=C1CCC(=O)N1O. The van der Waals surface area contributed by atoms with Crippen LogP contribution < -0.4 is 0 Å². The van der Waals surface area contributed by atoms with E-state index < -0.39 is 35.2 Å². The second kappa shape index (κ2) is 12.2. The molecule has 0 aromatic carbocycles. The maximum atomic E-state index is 10.9. The van der Waals surface area contributed by atoms with Crippen molar-refractivity contribution >= 4 is 46.8 Å². The number of hydrogen-bond acceptors (Lipinski definition) is 10. The summed E-state index contributed by atoms with van der Waals surface area (Å²) in [6.45, 7) is 6.18. The summed E-state index contributed by atoms with van der Waals surface area (Å²) in [5.41, 5.74) is -0.856. The van der Waals surface area contributed by atoms with Crippen molar-refractivity contribution in [2.24, 2.45) is 0 Å². The van der Waals surface area contributed by atoms with Crippen molar-refractivity contribution in [1.82, 2.24) is 10.1 Å². The maximum absolute atomic E-state index is 10.9. The molecule has 12 nitrogen and oxygen atoms in total. The molecule has 2 heterocycles. The summed E-state index contributed by atoms with van der Waals surface area (Å²) in [6, 6.07) is 0. The van der Waals surface area contributed by atoms with Crippen molar-refractivity contribution in [3.8, 4) is 0 Å². The molecule has 4 amide bonds. The van der Waals surface area contributed by atoms with Gasteiger partial charge in [-0.1, -0.05) is 18.2 Å². The summed E-state index contributed by atoms with van der Waals surface area (Å²) in [5.74, 6) is -2.11. The van der Waals surface area contributed by atoms with Gasteiger partial charge in [0.15, 0.2) is 0 Å². The van der Waals surface area contributed by atoms with Crippen LogP contribution in [0.25, 0.3) is 0 Å². The van der Waals surface area contributed by atoms with E-state index in [4.69, 9.17) is 5.21 Å². The van der Waals surface area contributed by atoms with Gasteiger partial charge in [0.1, 0.15) is 0 Å². The van der Waals surface area contributed by atoms with Crippen molar-refractivity contribution < 1.29 is 48.3 Å². The zero-order valence-corrected chi connectivity index (χ0v) is 14.5. The minimum Gasteiger partial charge on any atom is -0.423 e. The molecule has 0 spiro atoms. The highest BCUT2D eigenvalue weighted by atomic mass is 35.5. The van der Waals surface area contributed by atoms with Crippen LogP contribution in [0.15, 0.2) is 25.7 Å². The van der Waals surface area contributed by atoms with Gasteiger partial charge in [-0.05, 0) is 0 Å². The predicted molar refractivity (Wildman–Crippen MR) is 84.3 cm³/mol. The first kappa shape index (κ1) is 23.8. The molecule has 0 aromatic heterocycles. The number of amides is 4. The number of carbonyl (C=O) groups is 6. The molecule has 2 fully saturated rings. The highest BCUT2D eigenvalue weighted by molar-refractivity contribution is 6.61. The third-order valence-corrected chi connectivity index (χ3v) is 2.64. The maximum Gasteiger partial charge on any atom is 0.538 e. The highest BCUT2D eigenvalue weighted by Crippen LogP contribution is 2.12. The molecule has 0 aliphatic carbocycles. The number of nitrogens with zero attached hydrogens (tertiary/aromatic N) is 2. The molecule has 0 unspecified atom stereocenters. The molecule has 2 aliphatic heterocycles. The molecule has 13 heteroatoms. The average molecular weight is 407 g/mol. The van der Waals surface area contributed by atoms with E-state index in [0.29, 0.717) is 5.06 Å². The Labute approximate surface area is 157 Å². The minimum atomic E-state index is -1.15. The fourth-order valence-electron chi connectivity index (χ4n) is 1.45. The second-order valence-corrected chi connectivity index (χ2v) is 4.64. The molecule has 0 aromatic rings. The van der Waals surface area contributed by atoms with Crippen LogP contribution in [0, 0.1) is 0 Å². The topological polar surface area (TPSA) is 157 Å². The average Bonchev–Trinajstić information content (AvgIpc) is 3.06. The van der Waals surface area contributed by atoms with Crippen LogP contribution in [0.3, 0.4) is 0 Å². The van der Waals surface area contributed by atoms with Gasteiger partial charge in [-0.3, -0.25) is 29.2 Å². The Morgan fingerprint density at radius 1 is 0.889 bits per heavy atom. The Bertz CT molecular complexity index is 616. The monoisotopic (exact) mass is 406 g/mol. The van der Waals surface area contributed by atoms with Crippen LogP contribution in [-0.2, 0) is 33.5 Å². The fraction of sp³-hybridized carbons (Fsp3) is 0.286. The summed E-state index contributed by atoms with van der Waals surface area (Å²) < 4.78 is 8.09. The molecule has 27 heavy (non-hydrogen) atoms. The summed E-state index contributed by atoms with van der Waals surface area (Å²) in [5, 5.41) is 8.96. The zero-order chi connectivity index (χ0) is 21.0. The third-order valence-electron chi connectivity index (χ3n) is 2.55. The lowest BCUT2D eigenvalue weighted by Gasteiger charge is -2.10. The van der Waals surface area contributed by atoms with Crippen LogP contribution in [-0.4, -0.2) is 50.5 Å². The van der Waals surface area contributed by atoms with E-state index in [9.17, 15) is 28.8 Å². The molecule has 2 rings (SSSR count). The van der Waals surface area contributed by atoms with E-state index in [1.54, 1.807) is 0 Å². The second-order valence-electron chi connectivity index (χ2n) is 4.33. The van der Waals surface area contributed by atoms with Gasteiger partial charge in [-0.25, -0.2) is 9.59 Å². The minimum absolute atomic E-state index is 0.0558. The van der Waals surface area contributed by atoms with Crippen LogP contribution in [0.2, 0.25) is 0 Å². The number of hydrogen-bond donors (Lipinski definition) is 1. The van der Waals surface area contributed by atoms with E-state index in [2.05, 4.69) is 39.1 Å². The Morgan fingerprint density at radius 3 is 1.56 bits per heavy atom. The van der Waals surface area contributed by atoms with Gasteiger partial charge in [-0.2, -0.15) is 5.06 Å². The number of imide groups is 2. The Kier molecular flexibility index (Phi) is 10.7. The van der Waals surface area contributed by atoms with Crippen LogP contribution in [0.4, 0.5) is 9.59 Å². The first-order valence-corrected chi connectivity index (χ1v) is 7.38. The van der Waals surface area contributed by atoms with Gasteiger partial charge in [0.25, 0.3) is 23.6 Å². The largest absolute Gasteiger partial charge is 0.538 e. The Morgan fingerprint density at radius 2 is 1.30 bits per heavy atom. The predicted octanol–water partition coefficient (Wildman–Crippen LogP) is 1.38. The molecule has 0 atom stereocenters. The number of hydroxylamine groups is 4. The molecule has 0 bridgehead atoms. The van der Waals surface area contributed by atoms with Gasteiger partial charge in [0.2, 0.25) is 0 Å². The lowest BCUT2D eigenvalue weighted by Crippen LogP contribution is -2.31. The van der Waals surface area contributed by atoms with E-state index in [-0.39, 0.29) is 30.7 Å². The summed E-state index contributed by atoms with van der Waals surface area (Å²) in [4.78, 5) is 66.6. The quantitative estimate of drug-likeness (QED) is 0.238. The summed E-state index contributed by atoms with van der Waals surface area (Å²) in [7, 11) is 0. The van der Waals surface area contributed by atoms with E-state index in [0.717, 1.165) is 12.5 Å². The molecule has 2 aliphatic rings. The van der Waals surface area contributed by atoms with Crippen LogP contribution >= 0.6 is 11.6 Å². The van der Waals surface area contributed by atoms with Crippen LogP contribution in [0.5, 0.6) is 0 Å². The molecule has 148 valence electrons. The zero-order valence-electron chi connectivity index (χ0n) is 13.8. The molecule has 0 saturated carbocycles. The highest BCUT2D eigenvalue weighted by Gasteiger charge is 2.33. The first-order valence-electron chi connectivity index (χ1n) is 7.01. The first-order chi connectivity index (χ1) is 12.6.